The highest BCUT2D eigenvalue weighted by atomic mass is 31.2. The first kappa shape index (κ1) is 14.8. The summed E-state index contributed by atoms with van der Waals surface area (Å²) in [4.78, 5) is 0. The van der Waals surface area contributed by atoms with Gasteiger partial charge in [0.1, 0.15) is 0 Å². The highest BCUT2D eigenvalue weighted by Crippen LogP contribution is 2.49. The van der Waals surface area contributed by atoms with Crippen LogP contribution in [-0.2, 0) is 13.6 Å². The monoisotopic (exact) mass is 236 g/mol. The second-order valence-electron chi connectivity index (χ2n) is 3.07. The van der Waals surface area contributed by atoms with Crippen molar-refractivity contribution in [1.82, 2.24) is 0 Å². The molecule has 0 radical (unpaired) electrons. The third kappa shape index (κ3) is 6.85. The van der Waals surface area contributed by atoms with E-state index in [1.807, 2.05) is 6.92 Å². The highest BCUT2D eigenvalue weighted by molar-refractivity contribution is 7.57. The Hall–Kier alpha value is -0.150. The molecule has 5 heteroatoms. The minimum Gasteiger partial charge on any atom is -0.389 e. The molecule has 90 valence electrons. The Morgan fingerprint density at radius 2 is 1.80 bits per heavy atom. The van der Waals surface area contributed by atoms with Crippen molar-refractivity contribution in [3.05, 3.63) is 11.9 Å². The number of rotatable bonds is 8. The van der Waals surface area contributed by atoms with E-state index < -0.39 is 13.7 Å². The molecule has 0 aliphatic heterocycles. The molecule has 0 amide bonds. The van der Waals surface area contributed by atoms with Crippen LogP contribution in [0.5, 0.6) is 0 Å². The lowest BCUT2D eigenvalue weighted by molar-refractivity contribution is 0.209. The van der Waals surface area contributed by atoms with Gasteiger partial charge in [-0.25, -0.2) is 0 Å². The lowest BCUT2D eigenvalue weighted by atomic mass is 10.2. The van der Waals surface area contributed by atoms with Crippen LogP contribution >= 0.6 is 7.60 Å². The molecule has 0 aromatic carbocycles. The topological polar surface area (TPSA) is 55.8 Å². The summed E-state index contributed by atoms with van der Waals surface area (Å²) in [6.07, 6.45) is 2.42. The molecular formula is C10H21O4P. The molecule has 1 unspecified atom stereocenters. The number of hydrogen-bond donors (Lipinski definition) is 1. The second kappa shape index (κ2) is 8.05. The molecule has 0 bridgehead atoms. The fourth-order valence-corrected chi connectivity index (χ4v) is 2.46. The van der Waals surface area contributed by atoms with E-state index in [9.17, 15) is 9.67 Å². The normalized spacial score (nSPS) is 14.7. The third-order valence-electron chi connectivity index (χ3n) is 1.69. The summed E-state index contributed by atoms with van der Waals surface area (Å²) in [7, 11) is -3.14. The van der Waals surface area contributed by atoms with E-state index in [-0.39, 0.29) is 0 Å². The van der Waals surface area contributed by atoms with E-state index in [0.29, 0.717) is 19.6 Å². The molecule has 0 aromatic rings. The Labute approximate surface area is 91.8 Å². The molecule has 15 heavy (non-hydrogen) atoms. The summed E-state index contributed by atoms with van der Waals surface area (Å²) in [6, 6.07) is 0. The first-order chi connectivity index (χ1) is 7.08. The minimum absolute atomic E-state index is 0.325. The maximum atomic E-state index is 11.9. The fraction of sp³-hybridized carbons (Fsp3) is 0.800. The quantitative estimate of drug-likeness (QED) is 0.658. The largest absolute Gasteiger partial charge is 0.389 e. The number of aliphatic hydroxyl groups excluding tert-OH is 1. The Balaban J connectivity index is 4.32. The summed E-state index contributed by atoms with van der Waals surface area (Å²) in [5, 5.41) is 9.43. The Morgan fingerprint density at radius 3 is 2.20 bits per heavy atom. The van der Waals surface area contributed by atoms with Crippen molar-refractivity contribution in [3.8, 4) is 0 Å². The van der Waals surface area contributed by atoms with Crippen LogP contribution in [0.3, 0.4) is 0 Å². The summed E-state index contributed by atoms with van der Waals surface area (Å²) in [5.41, 5.74) is 0. The van der Waals surface area contributed by atoms with Crippen molar-refractivity contribution in [2.24, 2.45) is 0 Å². The first-order valence-corrected chi connectivity index (χ1v) is 6.95. The van der Waals surface area contributed by atoms with Gasteiger partial charge in [0, 0.05) is 5.82 Å². The van der Waals surface area contributed by atoms with Gasteiger partial charge in [-0.05, 0) is 26.3 Å². The van der Waals surface area contributed by atoms with Gasteiger partial charge in [0.05, 0.1) is 19.3 Å². The predicted molar refractivity (Wildman–Crippen MR) is 60.9 cm³/mol. The minimum atomic E-state index is -3.14. The third-order valence-corrected chi connectivity index (χ3v) is 3.47. The number of aliphatic hydroxyl groups is 1. The van der Waals surface area contributed by atoms with E-state index >= 15 is 0 Å². The maximum absolute atomic E-state index is 11.9. The molecule has 0 heterocycles. The molecule has 0 fully saturated rings. The molecule has 0 saturated heterocycles. The van der Waals surface area contributed by atoms with Crippen molar-refractivity contribution >= 4 is 7.60 Å². The van der Waals surface area contributed by atoms with Crippen molar-refractivity contribution in [3.63, 3.8) is 0 Å². The van der Waals surface area contributed by atoms with E-state index in [1.165, 1.54) is 11.9 Å². The van der Waals surface area contributed by atoms with Gasteiger partial charge in [0.25, 0.3) is 0 Å². The molecule has 0 aliphatic carbocycles. The van der Waals surface area contributed by atoms with Crippen LogP contribution < -0.4 is 0 Å². The molecular weight excluding hydrogens is 215 g/mol. The molecule has 0 saturated carbocycles. The lowest BCUT2D eigenvalue weighted by Gasteiger charge is -2.13. The van der Waals surface area contributed by atoms with Crippen LogP contribution in [0, 0.1) is 0 Å². The Morgan fingerprint density at radius 1 is 1.27 bits per heavy atom. The number of hydrogen-bond acceptors (Lipinski definition) is 4. The molecule has 0 aromatic heterocycles. The summed E-state index contributed by atoms with van der Waals surface area (Å²) in [5.74, 6) is 1.35. The molecule has 1 N–H and O–H groups in total. The van der Waals surface area contributed by atoms with Gasteiger partial charge < -0.3 is 14.2 Å². The van der Waals surface area contributed by atoms with Crippen molar-refractivity contribution < 1.29 is 18.7 Å². The maximum Gasteiger partial charge on any atom is 0.353 e. The summed E-state index contributed by atoms with van der Waals surface area (Å²) < 4.78 is 21.9. The van der Waals surface area contributed by atoms with Crippen LogP contribution in [-0.4, -0.2) is 24.4 Å². The molecule has 0 rings (SSSR count). The van der Waals surface area contributed by atoms with Gasteiger partial charge >= 0.3 is 7.60 Å². The Bertz CT molecular complexity index is 217. The smallest absolute Gasteiger partial charge is 0.353 e. The average Bonchev–Trinajstić information content (AvgIpc) is 2.16. The standard InChI is InChI=1S/C10H21O4P/c1-4-7-10(11)8-9-15(12,13-5-2)14-6-3/h8-11H,4-7H2,1-3H3. The van der Waals surface area contributed by atoms with Crippen LogP contribution in [0.2, 0.25) is 0 Å². The van der Waals surface area contributed by atoms with Gasteiger partial charge in [-0.2, -0.15) is 0 Å². The predicted octanol–water partition coefficient (Wildman–Crippen LogP) is 2.93. The van der Waals surface area contributed by atoms with Gasteiger partial charge in [0.15, 0.2) is 0 Å². The summed E-state index contributed by atoms with van der Waals surface area (Å²) in [6.45, 7) is 6.13. The zero-order valence-corrected chi connectivity index (χ0v) is 10.6. The SMILES string of the molecule is CCCC(O)C=CP(=O)(OCC)OCC. The van der Waals surface area contributed by atoms with Gasteiger partial charge in [-0.3, -0.25) is 4.57 Å². The second-order valence-corrected chi connectivity index (χ2v) is 4.97. The van der Waals surface area contributed by atoms with E-state index in [0.717, 1.165) is 6.42 Å². The van der Waals surface area contributed by atoms with Crippen molar-refractivity contribution in [2.45, 2.75) is 39.7 Å². The lowest BCUT2D eigenvalue weighted by Crippen LogP contribution is -2.01. The van der Waals surface area contributed by atoms with Crippen molar-refractivity contribution in [2.75, 3.05) is 13.2 Å². The van der Waals surface area contributed by atoms with E-state index in [2.05, 4.69) is 0 Å². The Kier molecular flexibility index (Phi) is 7.97. The molecule has 1 atom stereocenters. The summed E-state index contributed by atoms with van der Waals surface area (Å²) >= 11 is 0. The van der Waals surface area contributed by atoms with Crippen LogP contribution in [0.25, 0.3) is 0 Å². The molecule has 0 aliphatic rings. The van der Waals surface area contributed by atoms with Crippen LogP contribution in [0.1, 0.15) is 33.6 Å². The van der Waals surface area contributed by atoms with Gasteiger partial charge in [-0.15, -0.1) is 0 Å². The van der Waals surface area contributed by atoms with Crippen LogP contribution in [0.4, 0.5) is 0 Å². The zero-order chi connectivity index (χ0) is 11.7. The highest BCUT2D eigenvalue weighted by Gasteiger charge is 2.19. The van der Waals surface area contributed by atoms with E-state index in [1.54, 1.807) is 13.8 Å². The van der Waals surface area contributed by atoms with Crippen LogP contribution in [0.15, 0.2) is 11.9 Å². The average molecular weight is 236 g/mol. The molecule has 4 nitrogen and oxygen atoms in total. The van der Waals surface area contributed by atoms with E-state index in [4.69, 9.17) is 9.05 Å². The van der Waals surface area contributed by atoms with Gasteiger partial charge in [0.2, 0.25) is 0 Å². The fourth-order valence-electron chi connectivity index (χ4n) is 1.08. The first-order valence-electron chi connectivity index (χ1n) is 5.34. The molecule has 0 spiro atoms. The zero-order valence-electron chi connectivity index (χ0n) is 9.68. The van der Waals surface area contributed by atoms with Crippen molar-refractivity contribution in [1.29, 1.82) is 0 Å². The van der Waals surface area contributed by atoms with Gasteiger partial charge in [-0.1, -0.05) is 13.3 Å².